The van der Waals surface area contributed by atoms with Crippen LogP contribution in [0.3, 0.4) is 0 Å². The Kier molecular flexibility index (Phi) is 8.02. The van der Waals surface area contributed by atoms with Crippen molar-refractivity contribution in [2.24, 2.45) is 5.92 Å². The van der Waals surface area contributed by atoms with E-state index in [9.17, 15) is 22.8 Å². The molecule has 0 aliphatic carbocycles. The van der Waals surface area contributed by atoms with Gasteiger partial charge in [0.2, 0.25) is 5.91 Å². The van der Waals surface area contributed by atoms with Crippen LogP contribution in [0.2, 0.25) is 0 Å². The van der Waals surface area contributed by atoms with Crippen molar-refractivity contribution in [1.82, 2.24) is 35.6 Å². The number of nitriles is 1. The highest BCUT2D eigenvalue weighted by atomic mass is 19.4. The lowest BCUT2D eigenvalue weighted by molar-refractivity contribution is -0.202. The number of aromatic nitrogens is 3. The summed E-state index contributed by atoms with van der Waals surface area (Å²) in [6, 6.07) is 12.4. The summed E-state index contributed by atoms with van der Waals surface area (Å²) in [7, 11) is 0. The smallest absolute Gasteiger partial charge is 0.402 e. The van der Waals surface area contributed by atoms with E-state index in [1.165, 1.54) is 18.5 Å². The molecule has 0 saturated carbocycles. The van der Waals surface area contributed by atoms with E-state index in [4.69, 9.17) is 10.00 Å². The predicted octanol–water partition coefficient (Wildman–Crippen LogP) is 1.82. The van der Waals surface area contributed by atoms with Gasteiger partial charge < -0.3 is 14.5 Å². The Morgan fingerprint density at radius 3 is 2.61 bits per heavy atom. The summed E-state index contributed by atoms with van der Waals surface area (Å²) in [4.78, 5) is 43.6. The molecule has 2 aromatic heterocycles. The monoisotopic (exact) mass is 607 g/mol. The van der Waals surface area contributed by atoms with Gasteiger partial charge in [0.1, 0.15) is 24.2 Å². The topological polar surface area (TPSA) is 140 Å². The molecule has 228 valence electrons. The second-order valence-electron chi connectivity index (χ2n) is 10.7. The first kappa shape index (κ1) is 29.3. The van der Waals surface area contributed by atoms with Crippen LogP contribution in [0.5, 0.6) is 6.01 Å². The number of hydrogen-bond donors (Lipinski definition) is 2. The summed E-state index contributed by atoms with van der Waals surface area (Å²) >= 11 is 0. The maximum Gasteiger partial charge on any atom is 0.402 e. The van der Waals surface area contributed by atoms with Crippen LogP contribution >= 0.6 is 0 Å². The van der Waals surface area contributed by atoms with Crippen LogP contribution in [0, 0.1) is 17.2 Å². The van der Waals surface area contributed by atoms with E-state index in [1.54, 1.807) is 28.0 Å². The number of hydrazine groups is 1. The van der Waals surface area contributed by atoms with Crippen LogP contribution in [-0.2, 0) is 11.3 Å². The zero-order chi connectivity index (χ0) is 30.8. The lowest BCUT2D eigenvalue weighted by atomic mass is 9.94. The predicted molar refractivity (Wildman–Crippen MR) is 149 cm³/mol. The third kappa shape index (κ3) is 5.86. The summed E-state index contributed by atoms with van der Waals surface area (Å²) < 4.78 is 47.9. The molecule has 2 fully saturated rings. The second-order valence-corrected chi connectivity index (χ2v) is 10.7. The molecule has 6 rings (SSSR count). The van der Waals surface area contributed by atoms with Crippen LogP contribution < -0.4 is 20.5 Å². The number of nitrogens with zero attached hydrogens (tertiary/aromatic N) is 7. The van der Waals surface area contributed by atoms with E-state index in [-0.39, 0.29) is 37.3 Å². The van der Waals surface area contributed by atoms with E-state index in [2.05, 4.69) is 25.8 Å². The molecule has 2 amide bonds. The fraction of sp³-hybridized carbons (Fsp3) is 0.379. The molecule has 2 N–H and O–H groups in total. The van der Waals surface area contributed by atoms with Gasteiger partial charge in [-0.1, -0.05) is 24.3 Å². The lowest BCUT2D eigenvalue weighted by Gasteiger charge is -2.40. The Morgan fingerprint density at radius 1 is 1.09 bits per heavy atom. The van der Waals surface area contributed by atoms with Crippen LogP contribution in [-0.4, -0.2) is 88.1 Å². The molecule has 3 aliphatic rings. The third-order valence-electron chi connectivity index (χ3n) is 8.13. The number of ether oxygens (including phenoxy) is 1. The van der Waals surface area contributed by atoms with E-state index in [1.807, 2.05) is 29.2 Å². The summed E-state index contributed by atoms with van der Waals surface area (Å²) in [5.74, 6) is -2.92. The number of nitrogens with one attached hydrogen (secondary N) is 2. The first-order chi connectivity index (χ1) is 21.2. The number of fused-ring (bicyclic) bond motifs is 1. The van der Waals surface area contributed by atoms with Gasteiger partial charge in [0.15, 0.2) is 5.92 Å². The molecule has 3 aliphatic heterocycles. The Labute approximate surface area is 250 Å². The van der Waals surface area contributed by atoms with Crippen molar-refractivity contribution in [3.63, 3.8) is 0 Å². The number of pyridine rings is 1. The Morgan fingerprint density at radius 2 is 1.89 bits per heavy atom. The number of carbonyl (C=O) groups is 2. The van der Waals surface area contributed by atoms with Crippen LogP contribution in [0.25, 0.3) is 0 Å². The van der Waals surface area contributed by atoms with Crippen LogP contribution in [0.1, 0.15) is 33.2 Å². The second kappa shape index (κ2) is 12.1. The summed E-state index contributed by atoms with van der Waals surface area (Å²) in [6.07, 6.45) is -1.82. The number of amides is 2. The Hall–Kier alpha value is -4.81. The molecular formula is C29H28F3N9O3. The van der Waals surface area contributed by atoms with Gasteiger partial charge in [-0.15, -0.1) is 0 Å². The molecule has 2 unspecified atom stereocenters. The molecule has 3 atom stereocenters. The Bertz CT molecular complexity index is 1570. The van der Waals surface area contributed by atoms with Crippen molar-refractivity contribution < 1.29 is 27.5 Å². The van der Waals surface area contributed by atoms with E-state index >= 15 is 0 Å². The normalized spacial score (nSPS) is 22.2. The summed E-state index contributed by atoms with van der Waals surface area (Å²) in [5, 5.41) is 8.98. The molecule has 3 aromatic rings. The third-order valence-corrected chi connectivity index (χ3v) is 8.13. The highest BCUT2D eigenvalue weighted by Crippen LogP contribution is 2.41. The average Bonchev–Trinajstić information content (AvgIpc) is 3.41. The highest BCUT2D eigenvalue weighted by Gasteiger charge is 2.55. The molecular weight excluding hydrogens is 579 g/mol. The minimum absolute atomic E-state index is 0.0764. The van der Waals surface area contributed by atoms with Gasteiger partial charge in [-0.25, -0.2) is 15.4 Å². The summed E-state index contributed by atoms with van der Waals surface area (Å²) in [6.45, 7) is 1.96. The van der Waals surface area contributed by atoms with Crippen molar-refractivity contribution in [2.45, 2.75) is 24.8 Å². The maximum atomic E-state index is 14.0. The number of piperazine rings is 1. The number of carbonyl (C=O) groups excluding carboxylic acids is 2. The van der Waals surface area contributed by atoms with E-state index in [0.29, 0.717) is 31.7 Å². The maximum absolute atomic E-state index is 14.0. The molecule has 0 spiro atoms. The fourth-order valence-corrected chi connectivity index (χ4v) is 5.93. The molecule has 5 heterocycles. The van der Waals surface area contributed by atoms with Crippen molar-refractivity contribution in [3.8, 4) is 12.1 Å². The standard InChI is InChI=1S/C29H28F3N9O3/c30-29(31,32)25-22(15-36-38-26(25)42)41-16-19-3-1-2-4-20(19)23(41)17-44-28-34-8-7-21(37-28)27(43)40-11-9-39(10-12-40)24-6-5-18(13-33)14-35-24/h1-8,14,22-23,25,36H,9-12,15-17H2,(H,38,42)/t22?,23-,25?/m1/s1. The van der Waals surface area contributed by atoms with E-state index in [0.717, 1.165) is 16.9 Å². The molecule has 0 radical (unpaired) electrons. The fourth-order valence-electron chi connectivity index (χ4n) is 5.93. The summed E-state index contributed by atoms with van der Waals surface area (Å²) in [5.41, 5.74) is 6.93. The Balaban J connectivity index is 1.13. The minimum atomic E-state index is -4.74. The van der Waals surface area contributed by atoms with E-state index < -0.39 is 30.1 Å². The van der Waals surface area contributed by atoms with Crippen LogP contribution in [0.4, 0.5) is 19.0 Å². The number of rotatable bonds is 6. The van der Waals surface area contributed by atoms with Crippen molar-refractivity contribution in [2.75, 3.05) is 44.2 Å². The van der Waals surface area contributed by atoms with Gasteiger partial charge in [0.25, 0.3) is 5.91 Å². The molecule has 44 heavy (non-hydrogen) atoms. The molecule has 1 aromatic carbocycles. The van der Waals surface area contributed by atoms with Crippen molar-refractivity contribution >= 4 is 17.6 Å². The lowest BCUT2D eigenvalue weighted by Crippen LogP contribution is -2.64. The van der Waals surface area contributed by atoms with Gasteiger partial charge >= 0.3 is 12.2 Å². The number of anilines is 1. The molecule has 2 saturated heterocycles. The molecule has 12 nitrogen and oxygen atoms in total. The van der Waals surface area contributed by atoms with Crippen molar-refractivity contribution in [3.05, 3.63) is 77.2 Å². The van der Waals surface area contributed by atoms with Gasteiger partial charge in [-0.2, -0.15) is 23.4 Å². The minimum Gasteiger partial charge on any atom is -0.461 e. The average molecular weight is 608 g/mol. The largest absolute Gasteiger partial charge is 0.461 e. The van der Waals surface area contributed by atoms with Gasteiger partial charge in [-0.05, 0) is 29.3 Å². The molecule has 0 bridgehead atoms. The first-order valence-corrected chi connectivity index (χ1v) is 14.0. The van der Waals surface area contributed by atoms with Crippen molar-refractivity contribution in [1.29, 1.82) is 5.26 Å². The quantitative estimate of drug-likeness (QED) is 0.427. The number of hydrogen-bond acceptors (Lipinski definition) is 10. The number of alkyl halides is 3. The zero-order valence-electron chi connectivity index (χ0n) is 23.4. The molecule has 15 heteroatoms. The SMILES string of the molecule is N#Cc1ccc(N2CCN(C(=O)c3ccnc(OC[C@@H]4c5ccccc5CN4C4CNNC(=O)C4C(F)(F)F)n3)CC2)nc1. The first-order valence-electron chi connectivity index (χ1n) is 14.0. The van der Waals surface area contributed by atoms with Gasteiger partial charge in [0, 0.05) is 57.7 Å². The number of benzene rings is 1. The van der Waals surface area contributed by atoms with Gasteiger partial charge in [-0.3, -0.25) is 19.9 Å². The zero-order valence-corrected chi connectivity index (χ0v) is 23.4. The number of halogens is 3. The highest BCUT2D eigenvalue weighted by molar-refractivity contribution is 5.92. The van der Waals surface area contributed by atoms with Gasteiger partial charge in [0.05, 0.1) is 11.6 Å². The van der Waals surface area contributed by atoms with Crippen LogP contribution in [0.15, 0.2) is 54.9 Å².